The fourth-order valence-corrected chi connectivity index (χ4v) is 4.33. The van der Waals surface area contributed by atoms with E-state index in [0.29, 0.717) is 24.6 Å². The Kier molecular flexibility index (Phi) is 4.46. The molecular formula is C25H25N3O2. The summed E-state index contributed by atoms with van der Waals surface area (Å²) in [5, 5.41) is 1.91. The maximum absolute atomic E-state index is 13.1. The number of carbonyl (C=O) groups excluding carboxylic acids is 1. The number of amides is 1. The van der Waals surface area contributed by atoms with Crippen molar-refractivity contribution in [3.63, 3.8) is 0 Å². The van der Waals surface area contributed by atoms with Gasteiger partial charge in [0.2, 0.25) is 5.71 Å². The van der Waals surface area contributed by atoms with Gasteiger partial charge >= 0.3 is 0 Å². The second-order valence-corrected chi connectivity index (χ2v) is 8.32. The van der Waals surface area contributed by atoms with Crippen LogP contribution in [0.5, 0.6) is 0 Å². The zero-order valence-electron chi connectivity index (χ0n) is 17.6. The lowest BCUT2D eigenvalue weighted by molar-refractivity contribution is 0.0696. The second kappa shape index (κ2) is 7.17. The molecule has 0 bridgehead atoms. The predicted octanol–water partition coefficient (Wildman–Crippen LogP) is 4.95. The highest BCUT2D eigenvalue weighted by Crippen LogP contribution is 2.26. The highest BCUT2D eigenvalue weighted by molar-refractivity contribution is 5.98. The Labute approximate surface area is 175 Å². The number of nitrogens with zero attached hydrogens (tertiary/aromatic N) is 3. The summed E-state index contributed by atoms with van der Waals surface area (Å²) in [6.45, 7) is 8.45. The Balaban J connectivity index is 1.38. The summed E-state index contributed by atoms with van der Waals surface area (Å²) >= 11 is 0. The van der Waals surface area contributed by atoms with Crippen LogP contribution in [0.15, 0.2) is 59.0 Å². The van der Waals surface area contributed by atoms with Crippen LogP contribution < -0.4 is 4.90 Å². The van der Waals surface area contributed by atoms with E-state index >= 15 is 0 Å². The largest absolute Gasteiger partial charge is 0.433 e. The van der Waals surface area contributed by atoms with Crippen LogP contribution in [0.25, 0.3) is 22.0 Å². The summed E-state index contributed by atoms with van der Waals surface area (Å²) in [5.41, 5.74) is 5.01. The van der Waals surface area contributed by atoms with Crippen molar-refractivity contribution < 1.29 is 9.21 Å². The van der Waals surface area contributed by atoms with Gasteiger partial charge < -0.3 is 14.2 Å². The van der Waals surface area contributed by atoms with Crippen molar-refractivity contribution in [3.8, 4) is 0 Å². The summed E-state index contributed by atoms with van der Waals surface area (Å²) < 4.78 is 5.88. The number of fused-ring (bicyclic) bond motifs is 2. The molecule has 3 heterocycles. The minimum Gasteiger partial charge on any atom is -0.433 e. The Morgan fingerprint density at radius 1 is 1.00 bits per heavy atom. The summed E-state index contributed by atoms with van der Waals surface area (Å²) in [6.07, 6.45) is 0. The molecule has 1 aliphatic rings. The van der Waals surface area contributed by atoms with Gasteiger partial charge in [-0.15, -0.1) is 0 Å². The van der Waals surface area contributed by atoms with Crippen molar-refractivity contribution in [2.75, 3.05) is 24.5 Å². The lowest BCUT2D eigenvalue weighted by Gasteiger charge is -2.41. The Morgan fingerprint density at radius 3 is 2.63 bits per heavy atom. The molecule has 5 rings (SSSR count). The maximum Gasteiger partial charge on any atom is 0.289 e. The topological polar surface area (TPSA) is 49.6 Å². The number of hydrogen-bond acceptors (Lipinski definition) is 4. The first kappa shape index (κ1) is 18.7. The van der Waals surface area contributed by atoms with Gasteiger partial charge in [0.25, 0.3) is 5.91 Å². The molecule has 1 unspecified atom stereocenters. The number of benzene rings is 2. The first-order valence-corrected chi connectivity index (χ1v) is 10.4. The quantitative estimate of drug-likeness (QED) is 0.479. The fraction of sp³-hybridized carbons (Fsp3) is 0.280. The van der Waals surface area contributed by atoms with E-state index in [9.17, 15) is 4.79 Å². The highest BCUT2D eigenvalue weighted by atomic mass is 16.4. The molecule has 1 amide bonds. The van der Waals surface area contributed by atoms with Gasteiger partial charge in [0.05, 0.1) is 5.52 Å². The smallest absolute Gasteiger partial charge is 0.289 e. The van der Waals surface area contributed by atoms with Gasteiger partial charge in [-0.3, -0.25) is 4.79 Å². The lowest BCUT2D eigenvalue weighted by Crippen LogP contribution is -2.53. The molecule has 30 heavy (non-hydrogen) atoms. The normalized spacial score (nSPS) is 17.1. The van der Waals surface area contributed by atoms with Crippen LogP contribution >= 0.6 is 0 Å². The molecule has 0 aliphatic carbocycles. The van der Waals surface area contributed by atoms with Crippen molar-refractivity contribution in [2.45, 2.75) is 26.8 Å². The van der Waals surface area contributed by atoms with Crippen LogP contribution in [0.1, 0.15) is 28.6 Å². The maximum atomic E-state index is 13.1. The molecule has 0 saturated carbocycles. The van der Waals surface area contributed by atoms with Crippen molar-refractivity contribution in [1.82, 2.24) is 9.88 Å². The van der Waals surface area contributed by atoms with Crippen LogP contribution in [-0.4, -0.2) is 41.5 Å². The lowest BCUT2D eigenvalue weighted by atomic mass is 10.1. The molecular weight excluding hydrogens is 374 g/mol. The van der Waals surface area contributed by atoms with Gasteiger partial charge in [0, 0.05) is 42.1 Å². The molecule has 1 fully saturated rings. The molecule has 5 heteroatoms. The molecule has 5 nitrogen and oxygen atoms in total. The number of rotatable bonds is 2. The van der Waals surface area contributed by atoms with Crippen molar-refractivity contribution in [1.29, 1.82) is 0 Å². The first-order chi connectivity index (χ1) is 14.5. The third-order valence-electron chi connectivity index (χ3n) is 5.92. The molecule has 2 aromatic heterocycles. The molecule has 0 spiro atoms. The van der Waals surface area contributed by atoms with Gasteiger partial charge in [-0.05, 0) is 62.2 Å². The molecule has 1 saturated heterocycles. The Hall–Kier alpha value is -3.34. The van der Waals surface area contributed by atoms with E-state index in [1.165, 1.54) is 11.3 Å². The zero-order chi connectivity index (χ0) is 20.8. The van der Waals surface area contributed by atoms with Crippen molar-refractivity contribution in [3.05, 3.63) is 71.5 Å². The van der Waals surface area contributed by atoms with E-state index in [0.717, 1.165) is 28.4 Å². The number of furan rings is 1. The third-order valence-corrected chi connectivity index (χ3v) is 5.92. The Morgan fingerprint density at radius 2 is 1.83 bits per heavy atom. The van der Waals surface area contributed by atoms with Crippen LogP contribution in [-0.2, 0) is 0 Å². The van der Waals surface area contributed by atoms with Crippen LogP contribution in [0, 0.1) is 13.8 Å². The fourth-order valence-electron chi connectivity index (χ4n) is 4.33. The molecule has 0 N–H and O–H groups in total. The van der Waals surface area contributed by atoms with Gasteiger partial charge in [0.1, 0.15) is 0 Å². The van der Waals surface area contributed by atoms with Gasteiger partial charge in [0.15, 0.2) is 5.76 Å². The minimum absolute atomic E-state index is 0.0658. The van der Waals surface area contributed by atoms with E-state index < -0.39 is 0 Å². The zero-order valence-corrected chi connectivity index (χ0v) is 17.6. The SMILES string of the molecule is Cc1cccc(N2CCN(C(=O)c3cc4cc5ccc(C)cc5nc4o3)CC2C)c1. The first-order valence-electron chi connectivity index (χ1n) is 10.4. The average Bonchev–Trinajstić information content (AvgIpc) is 3.14. The predicted molar refractivity (Wildman–Crippen MR) is 120 cm³/mol. The number of aryl methyl sites for hydroxylation is 2. The standard InChI is InChI=1S/C25H25N3O2/c1-16-5-4-6-21(11-16)28-10-9-27(15-18(28)3)25(29)23-14-20-13-19-8-7-17(2)12-22(19)26-24(20)30-23/h4-8,11-14,18H,9-10,15H2,1-3H3. The minimum atomic E-state index is -0.0658. The van der Waals surface area contributed by atoms with E-state index in [1.54, 1.807) is 0 Å². The number of pyridine rings is 1. The summed E-state index contributed by atoms with van der Waals surface area (Å²) in [4.78, 5) is 22.0. The van der Waals surface area contributed by atoms with Crippen LogP contribution in [0.2, 0.25) is 0 Å². The molecule has 1 atom stereocenters. The number of piperazine rings is 1. The number of anilines is 1. The summed E-state index contributed by atoms with van der Waals surface area (Å²) in [5.74, 6) is 0.296. The second-order valence-electron chi connectivity index (χ2n) is 8.32. The van der Waals surface area contributed by atoms with Crippen molar-refractivity contribution in [2.24, 2.45) is 0 Å². The molecule has 152 valence electrons. The average molecular weight is 399 g/mol. The monoisotopic (exact) mass is 399 g/mol. The van der Waals surface area contributed by atoms with Crippen LogP contribution in [0.4, 0.5) is 5.69 Å². The summed E-state index contributed by atoms with van der Waals surface area (Å²) in [6, 6.07) is 18.8. The van der Waals surface area contributed by atoms with Crippen molar-refractivity contribution >= 4 is 33.6 Å². The van der Waals surface area contributed by atoms with Gasteiger partial charge in [-0.25, -0.2) is 4.98 Å². The highest BCUT2D eigenvalue weighted by Gasteiger charge is 2.29. The molecule has 0 radical (unpaired) electrons. The number of hydrogen-bond donors (Lipinski definition) is 0. The third kappa shape index (κ3) is 3.30. The number of aromatic nitrogens is 1. The molecule has 2 aromatic carbocycles. The van der Waals surface area contributed by atoms with Gasteiger partial charge in [-0.1, -0.05) is 24.3 Å². The Bertz CT molecular complexity index is 1260. The molecule has 1 aliphatic heterocycles. The van der Waals surface area contributed by atoms with E-state index in [2.05, 4.69) is 60.1 Å². The van der Waals surface area contributed by atoms with E-state index in [4.69, 9.17) is 4.42 Å². The van der Waals surface area contributed by atoms with E-state index in [-0.39, 0.29) is 11.9 Å². The summed E-state index contributed by atoms with van der Waals surface area (Å²) in [7, 11) is 0. The van der Waals surface area contributed by atoms with Crippen LogP contribution in [0.3, 0.4) is 0 Å². The van der Waals surface area contributed by atoms with Gasteiger partial charge in [-0.2, -0.15) is 0 Å². The number of carbonyl (C=O) groups is 1. The molecule has 4 aromatic rings. The van der Waals surface area contributed by atoms with E-state index in [1.807, 2.05) is 30.0 Å².